The highest BCUT2D eigenvalue weighted by Crippen LogP contribution is 2.39. The van der Waals surface area contributed by atoms with Crippen LogP contribution in [0.3, 0.4) is 0 Å². The van der Waals surface area contributed by atoms with Crippen LogP contribution in [0.15, 0.2) is 54.1 Å². The summed E-state index contributed by atoms with van der Waals surface area (Å²) >= 11 is 0. The van der Waals surface area contributed by atoms with Crippen molar-refractivity contribution in [2.24, 2.45) is 5.92 Å². The molecule has 0 bridgehead atoms. The predicted molar refractivity (Wildman–Crippen MR) is 134 cm³/mol. The number of amides is 1. The zero-order valence-corrected chi connectivity index (χ0v) is 20.8. The topological polar surface area (TPSA) is 79.3 Å². The number of aliphatic hydroxyl groups excluding tert-OH is 1. The van der Waals surface area contributed by atoms with Gasteiger partial charge in [-0.2, -0.15) is 0 Å². The molecule has 8 heteroatoms. The lowest BCUT2D eigenvalue weighted by molar-refractivity contribution is -0.140. The maximum atomic E-state index is 13.7. The molecule has 0 spiro atoms. The van der Waals surface area contributed by atoms with E-state index in [2.05, 4.69) is 18.7 Å². The molecule has 192 valence electrons. The molecule has 2 aliphatic heterocycles. The third kappa shape index (κ3) is 5.94. The van der Waals surface area contributed by atoms with Gasteiger partial charge in [-0.3, -0.25) is 14.5 Å². The van der Waals surface area contributed by atoms with Crippen molar-refractivity contribution in [2.45, 2.75) is 26.3 Å². The SMILES string of the molecule is CC(C)COc1ccc(C(O)=C2C(=O)C(=O)N(CCCN3CCOCC3)[C@H]2c2ccc(F)cc2)cc1. The Morgan fingerprint density at radius 1 is 1.06 bits per heavy atom. The quantitative estimate of drug-likeness (QED) is 0.321. The van der Waals surface area contributed by atoms with E-state index in [1.807, 2.05) is 0 Å². The number of carbonyl (C=O) groups excluding carboxylic acids is 2. The van der Waals surface area contributed by atoms with Gasteiger partial charge in [0.2, 0.25) is 0 Å². The number of hydrogen-bond acceptors (Lipinski definition) is 6. The van der Waals surface area contributed by atoms with Gasteiger partial charge in [0.1, 0.15) is 17.3 Å². The second-order valence-electron chi connectivity index (χ2n) is 9.58. The molecule has 2 fully saturated rings. The van der Waals surface area contributed by atoms with Gasteiger partial charge in [-0.15, -0.1) is 0 Å². The summed E-state index contributed by atoms with van der Waals surface area (Å²) in [6.45, 7) is 8.79. The number of ketones is 1. The minimum Gasteiger partial charge on any atom is -0.507 e. The molecule has 36 heavy (non-hydrogen) atoms. The van der Waals surface area contributed by atoms with Crippen LogP contribution in [0.5, 0.6) is 5.75 Å². The predicted octanol–water partition coefficient (Wildman–Crippen LogP) is 4.00. The van der Waals surface area contributed by atoms with Crippen molar-refractivity contribution in [3.8, 4) is 5.75 Å². The summed E-state index contributed by atoms with van der Waals surface area (Å²) in [5.74, 6) is -1.06. The number of benzene rings is 2. The maximum Gasteiger partial charge on any atom is 0.295 e. The molecule has 2 heterocycles. The van der Waals surface area contributed by atoms with E-state index in [-0.39, 0.29) is 11.3 Å². The van der Waals surface area contributed by atoms with E-state index in [1.165, 1.54) is 17.0 Å². The Morgan fingerprint density at radius 3 is 2.36 bits per heavy atom. The molecular weight excluding hydrogens is 463 g/mol. The van der Waals surface area contributed by atoms with Crippen molar-refractivity contribution in [1.82, 2.24) is 9.80 Å². The zero-order valence-electron chi connectivity index (χ0n) is 20.8. The number of carbonyl (C=O) groups is 2. The summed E-state index contributed by atoms with van der Waals surface area (Å²) in [7, 11) is 0. The molecule has 4 rings (SSSR count). The Kier molecular flexibility index (Phi) is 8.38. The van der Waals surface area contributed by atoms with Gasteiger partial charge < -0.3 is 19.5 Å². The third-order valence-corrected chi connectivity index (χ3v) is 6.41. The first-order valence-electron chi connectivity index (χ1n) is 12.4. The van der Waals surface area contributed by atoms with Crippen molar-refractivity contribution in [3.05, 3.63) is 71.0 Å². The molecule has 0 aliphatic carbocycles. The number of nitrogens with zero attached hydrogens (tertiary/aromatic N) is 2. The molecule has 1 atom stereocenters. The van der Waals surface area contributed by atoms with E-state index in [0.717, 1.165) is 19.6 Å². The van der Waals surface area contributed by atoms with Crippen LogP contribution < -0.4 is 4.74 Å². The van der Waals surface area contributed by atoms with Crippen molar-refractivity contribution in [1.29, 1.82) is 0 Å². The minimum atomic E-state index is -0.799. The van der Waals surface area contributed by atoms with Crippen LogP contribution >= 0.6 is 0 Å². The number of halogens is 1. The van der Waals surface area contributed by atoms with E-state index >= 15 is 0 Å². The Balaban J connectivity index is 1.61. The minimum absolute atomic E-state index is 0.00818. The molecule has 1 N–H and O–H groups in total. The molecule has 0 aromatic heterocycles. The molecule has 1 amide bonds. The molecule has 0 radical (unpaired) electrons. The number of aliphatic hydroxyl groups is 1. The van der Waals surface area contributed by atoms with Crippen LogP contribution in [0.25, 0.3) is 5.76 Å². The fraction of sp³-hybridized carbons (Fsp3) is 0.429. The van der Waals surface area contributed by atoms with E-state index in [9.17, 15) is 19.1 Å². The van der Waals surface area contributed by atoms with Gasteiger partial charge >= 0.3 is 0 Å². The summed E-state index contributed by atoms with van der Waals surface area (Å²) in [5, 5.41) is 11.2. The largest absolute Gasteiger partial charge is 0.507 e. The van der Waals surface area contributed by atoms with Crippen LogP contribution in [-0.4, -0.2) is 72.6 Å². The fourth-order valence-corrected chi connectivity index (χ4v) is 4.52. The third-order valence-electron chi connectivity index (χ3n) is 6.41. The molecule has 0 unspecified atom stereocenters. The molecule has 2 aromatic rings. The first-order valence-corrected chi connectivity index (χ1v) is 12.4. The van der Waals surface area contributed by atoms with Crippen molar-refractivity contribution < 1.29 is 28.6 Å². The number of morpholine rings is 1. The maximum absolute atomic E-state index is 13.7. The molecule has 7 nitrogen and oxygen atoms in total. The van der Waals surface area contributed by atoms with Gasteiger partial charge in [0, 0.05) is 31.7 Å². The average Bonchev–Trinajstić information content (AvgIpc) is 3.13. The van der Waals surface area contributed by atoms with Crippen LogP contribution in [0.2, 0.25) is 0 Å². The first kappa shape index (κ1) is 25.9. The van der Waals surface area contributed by atoms with E-state index < -0.39 is 23.5 Å². The fourth-order valence-electron chi connectivity index (χ4n) is 4.52. The van der Waals surface area contributed by atoms with Crippen LogP contribution in [0.1, 0.15) is 37.4 Å². The highest BCUT2D eigenvalue weighted by atomic mass is 19.1. The smallest absolute Gasteiger partial charge is 0.295 e. The summed E-state index contributed by atoms with van der Waals surface area (Å²) < 4.78 is 24.8. The summed E-state index contributed by atoms with van der Waals surface area (Å²) in [5.41, 5.74) is 0.986. The van der Waals surface area contributed by atoms with E-state index in [1.54, 1.807) is 36.4 Å². The van der Waals surface area contributed by atoms with Crippen LogP contribution in [-0.2, 0) is 14.3 Å². The highest BCUT2D eigenvalue weighted by Gasteiger charge is 2.45. The number of ether oxygens (including phenoxy) is 2. The lowest BCUT2D eigenvalue weighted by Gasteiger charge is -2.29. The lowest BCUT2D eigenvalue weighted by Crippen LogP contribution is -2.38. The molecule has 2 aliphatic rings. The van der Waals surface area contributed by atoms with E-state index in [0.29, 0.717) is 55.6 Å². The average molecular weight is 497 g/mol. The van der Waals surface area contributed by atoms with Gasteiger partial charge in [0.25, 0.3) is 11.7 Å². The van der Waals surface area contributed by atoms with Crippen molar-refractivity contribution in [2.75, 3.05) is 46.0 Å². The first-order chi connectivity index (χ1) is 17.3. The number of hydrogen-bond donors (Lipinski definition) is 1. The summed E-state index contributed by atoms with van der Waals surface area (Å²) in [6.07, 6.45) is 0.659. The molecule has 2 saturated heterocycles. The standard InChI is InChI=1S/C28H33FN2O5/c1-19(2)18-36-23-10-6-21(7-11-23)26(32)24-25(20-4-8-22(29)9-5-20)31(28(34)27(24)33)13-3-12-30-14-16-35-17-15-30/h4-11,19,25,32H,3,12-18H2,1-2H3/t25-/m0/s1. The second-order valence-corrected chi connectivity index (χ2v) is 9.58. The van der Waals surface area contributed by atoms with Gasteiger partial charge in [-0.05, 0) is 54.3 Å². The zero-order chi connectivity index (χ0) is 25.7. The number of rotatable bonds is 9. The van der Waals surface area contributed by atoms with Crippen LogP contribution in [0.4, 0.5) is 4.39 Å². The van der Waals surface area contributed by atoms with Crippen molar-refractivity contribution in [3.63, 3.8) is 0 Å². The summed E-state index contributed by atoms with van der Waals surface area (Å²) in [4.78, 5) is 30.0. The second kappa shape index (κ2) is 11.7. The van der Waals surface area contributed by atoms with Gasteiger partial charge in [-0.1, -0.05) is 26.0 Å². The van der Waals surface area contributed by atoms with Gasteiger partial charge in [-0.25, -0.2) is 4.39 Å². The number of likely N-dealkylation sites (tertiary alicyclic amines) is 1. The van der Waals surface area contributed by atoms with Crippen LogP contribution in [0, 0.1) is 11.7 Å². The monoisotopic (exact) mass is 496 g/mol. The number of Topliss-reactive ketones (excluding diaryl/α,β-unsaturated/α-hetero) is 1. The van der Waals surface area contributed by atoms with Gasteiger partial charge in [0.05, 0.1) is 31.4 Å². The molecular formula is C28H33FN2O5. The normalized spacial score (nSPS) is 20.3. The Morgan fingerprint density at radius 2 is 1.72 bits per heavy atom. The van der Waals surface area contributed by atoms with Crippen molar-refractivity contribution >= 4 is 17.4 Å². The van der Waals surface area contributed by atoms with E-state index in [4.69, 9.17) is 9.47 Å². The highest BCUT2D eigenvalue weighted by molar-refractivity contribution is 6.46. The Hall–Kier alpha value is -3.23. The molecule has 2 aromatic carbocycles. The lowest BCUT2D eigenvalue weighted by atomic mass is 9.95. The Labute approximate surface area is 211 Å². The Bertz CT molecular complexity index is 1090. The molecule has 0 saturated carbocycles. The van der Waals surface area contributed by atoms with Gasteiger partial charge in [0.15, 0.2) is 0 Å². The summed E-state index contributed by atoms with van der Waals surface area (Å²) in [6, 6.07) is 11.7.